The van der Waals surface area contributed by atoms with Crippen LogP contribution in [0.5, 0.6) is 0 Å². The molecule has 6 heteroatoms. The normalized spacial score (nSPS) is 12.7. The highest BCUT2D eigenvalue weighted by Crippen LogP contribution is 2.28. The van der Waals surface area contributed by atoms with Crippen LogP contribution in [0.2, 0.25) is 5.02 Å². The SMILES string of the molecule is CCCn1ncc(Cl)c1C(N)c1cc(F)ccc1F. The van der Waals surface area contributed by atoms with Crippen molar-refractivity contribution in [3.05, 3.63) is 52.3 Å². The zero-order valence-electron chi connectivity index (χ0n) is 10.4. The van der Waals surface area contributed by atoms with E-state index in [2.05, 4.69) is 5.10 Å². The molecule has 0 saturated heterocycles. The molecule has 102 valence electrons. The van der Waals surface area contributed by atoms with E-state index in [9.17, 15) is 8.78 Å². The van der Waals surface area contributed by atoms with Gasteiger partial charge in [0.05, 0.1) is 23.0 Å². The van der Waals surface area contributed by atoms with E-state index in [4.69, 9.17) is 17.3 Å². The molecule has 2 aromatic rings. The highest BCUT2D eigenvalue weighted by molar-refractivity contribution is 6.31. The molecule has 0 aliphatic heterocycles. The second-order valence-electron chi connectivity index (χ2n) is 4.24. The Labute approximate surface area is 115 Å². The van der Waals surface area contributed by atoms with Crippen molar-refractivity contribution in [2.45, 2.75) is 25.9 Å². The van der Waals surface area contributed by atoms with Crippen molar-refractivity contribution in [3.63, 3.8) is 0 Å². The monoisotopic (exact) mass is 285 g/mol. The number of benzene rings is 1. The Morgan fingerprint density at radius 3 is 2.84 bits per heavy atom. The molecule has 0 aliphatic carbocycles. The van der Waals surface area contributed by atoms with Gasteiger partial charge in [-0.2, -0.15) is 5.10 Å². The smallest absolute Gasteiger partial charge is 0.128 e. The molecule has 1 unspecified atom stereocenters. The molecule has 0 fully saturated rings. The first kappa shape index (κ1) is 14.0. The minimum absolute atomic E-state index is 0.0692. The molecular formula is C13H14ClF2N3. The van der Waals surface area contributed by atoms with Gasteiger partial charge in [0.2, 0.25) is 0 Å². The number of hydrogen-bond donors (Lipinski definition) is 1. The van der Waals surface area contributed by atoms with Gasteiger partial charge in [0, 0.05) is 12.1 Å². The molecule has 0 saturated carbocycles. The number of hydrogen-bond acceptors (Lipinski definition) is 2. The lowest BCUT2D eigenvalue weighted by Gasteiger charge is -2.16. The van der Waals surface area contributed by atoms with Crippen molar-refractivity contribution in [1.82, 2.24) is 9.78 Å². The van der Waals surface area contributed by atoms with Crippen LogP contribution in [-0.2, 0) is 6.54 Å². The van der Waals surface area contributed by atoms with Crippen molar-refractivity contribution in [2.75, 3.05) is 0 Å². The van der Waals surface area contributed by atoms with Crippen molar-refractivity contribution < 1.29 is 8.78 Å². The Kier molecular flexibility index (Phi) is 4.17. The second-order valence-corrected chi connectivity index (χ2v) is 4.65. The highest BCUT2D eigenvalue weighted by Gasteiger charge is 2.21. The summed E-state index contributed by atoms with van der Waals surface area (Å²) in [6.45, 7) is 2.60. The molecule has 3 nitrogen and oxygen atoms in total. The maximum atomic E-state index is 13.7. The van der Waals surface area contributed by atoms with Crippen LogP contribution in [0.25, 0.3) is 0 Å². The molecule has 0 bridgehead atoms. The Morgan fingerprint density at radius 1 is 1.42 bits per heavy atom. The Morgan fingerprint density at radius 2 is 2.16 bits per heavy atom. The van der Waals surface area contributed by atoms with Crippen molar-refractivity contribution >= 4 is 11.6 Å². The van der Waals surface area contributed by atoms with Gasteiger partial charge in [-0.25, -0.2) is 8.78 Å². The maximum absolute atomic E-state index is 13.7. The second kappa shape index (κ2) is 5.67. The van der Waals surface area contributed by atoms with Crippen LogP contribution in [0.15, 0.2) is 24.4 Å². The van der Waals surface area contributed by atoms with Crippen LogP contribution in [0, 0.1) is 11.6 Å². The van der Waals surface area contributed by atoms with E-state index in [0.717, 1.165) is 24.6 Å². The summed E-state index contributed by atoms with van der Waals surface area (Å²) in [5.74, 6) is -1.10. The summed E-state index contributed by atoms with van der Waals surface area (Å²) < 4.78 is 28.6. The third-order valence-electron chi connectivity index (χ3n) is 2.86. The quantitative estimate of drug-likeness (QED) is 0.937. The fourth-order valence-corrected chi connectivity index (χ4v) is 2.23. The van der Waals surface area contributed by atoms with E-state index in [1.165, 1.54) is 6.20 Å². The molecule has 2 rings (SSSR count). The van der Waals surface area contributed by atoms with Crippen LogP contribution in [-0.4, -0.2) is 9.78 Å². The molecule has 1 aromatic carbocycles. The van der Waals surface area contributed by atoms with Gasteiger partial charge in [-0.15, -0.1) is 0 Å². The van der Waals surface area contributed by atoms with Crippen LogP contribution in [0.1, 0.15) is 30.6 Å². The molecule has 0 aliphatic rings. The van der Waals surface area contributed by atoms with E-state index in [1.54, 1.807) is 4.68 Å². The van der Waals surface area contributed by atoms with Crippen molar-refractivity contribution in [2.24, 2.45) is 5.73 Å². The summed E-state index contributed by atoms with van der Waals surface area (Å²) in [5, 5.41) is 4.44. The molecule has 0 radical (unpaired) electrons. The summed E-state index contributed by atoms with van der Waals surface area (Å²) in [6, 6.07) is 2.34. The minimum atomic E-state index is -0.850. The van der Waals surface area contributed by atoms with Gasteiger partial charge in [-0.3, -0.25) is 4.68 Å². The van der Waals surface area contributed by atoms with Crippen molar-refractivity contribution in [1.29, 1.82) is 0 Å². The first-order chi connectivity index (χ1) is 9.04. The summed E-state index contributed by atoms with van der Waals surface area (Å²) in [7, 11) is 0. The van der Waals surface area contributed by atoms with Gasteiger partial charge >= 0.3 is 0 Å². The summed E-state index contributed by atoms with van der Waals surface area (Å²) >= 11 is 6.04. The molecule has 1 heterocycles. The van der Waals surface area contributed by atoms with Gasteiger partial charge < -0.3 is 5.73 Å². The highest BCUT2D eigenvalue weighted by atomic mass is 35.5. The third-order valence-corrected chi connectivity index (χ3v) is 3.15. The first-order valence-electron chi connectivity index (χ1n) is 5.96. The maximum Gasteiger partial charge on any atom is 0.128 e. The summed E-state index contributed by atoms with van der Waals surface area (Å²) in [4.78, 5) is 0. The predicted octanol–water partition coefficient (Wildman–Crippen LogP) is 3.27. The van der Waals surface area contributed by atoms with E-state index in [0.29, 0.717) is 17.3 Å². The average molecular weight is 286 g/mol. The topological polar surface area (TPSA) is 43.8 Å². The Hall–Kier alpha value is -1.46. The van der Waals surface area contributed by atoms with Crippen LogP contribution >= 0.6 is 11.6 Å². The minimum Gasteiger partial charge on any atom is -0.319 e. The molecule has 0 amide bonds. The standard InChI is InChI=1S/C13H14ClF2N3/c1-2-5-19-13(10(14)7-18-19)12(17)9-6-8(15)3-4-11(9)16/h3-4,6-7,12H,2,5,17H2,1H3. The van der Waals surface area contributed by atoms with Crippen molar-refractivity contribution in [3.8, 4) is 0 Å². The number of nitrogens with zero attached hydrogens (tertiary/aromatic N) is 2. The van der Waals surface area contributed by atoms with E-state index in [1.807, 2.05) is 6.92 Å². The zero-order valence-corrected chi connectivity index (χ0v) is 11.2. The third kappa shape index (κ3) is 2.77. The fraction of sp³-hybridized carbons (Fsp3) is 0.308. The van der Waals surface area contributed by atoms with Gasteiger partial charge in [0.15, 0.2) is 0 Å². The lowest BCUT2D eigenvalue weighted by molar-refractivity contribution is 0.539. The average Bonchev–Trinajstić information content (AvgIpc) is 2.73. The first-order valence-corrected chi connectivity index (χ1v) is 6.34. The van der Waals surface area contributed by atoms with Crippen LogP contribution < -0.4 is 5.73 Å². The molecule has 19 heavy (non-hydrogen) atoms. The van der Waals surface area contributed by atoms with E-state index < -0.39 is 17.7 Å². The van der Waals surface area contributed by atoms with Gasteiger partial charge in [-0.05, 0) is 24.6 Å². The predicted molar refractivity (Wildman–Crippen MR) is 69.9 cm³/mol. The van der Waals surface area contributed by atoms with Gasteiger partial charge in [0.25, 0.3) is 0 Å². The lowest BCUT2D eigenvalue weighted by Crippen LogP contribution is -2.19. The van der Waals surface area contributed by atoms with Crippen LogP contribution in [0.3, 0.4) is 0 Å². The number of aromatic nitrogens is 2. The number of rotatable bonds is 4. The number of nitrogens with two attached hydrogens (primary N) is 1. The van der Waals surface area contributed by atoms with E-state index in [-0.39, 0.29) is 5.56 Å². The number of aryl methyl sites for hydroxylation is 1. The lowest BCUT2D eigenvalue weighted by atomic mass is 10.0. The molecular weight excluding hydrogens is 272 g/mol. The molecule has 1 aromatic heterocycles. The largest absolute Gasteiger partial charge is 0.319 e. The van der Waals surface area contributed by atoms with Gasteiger partial charge in [-0.1, -0.05) is 18.5 Å². The number of halogens is 3. The van der Waals surface area contributed by atoms with E-state index >= 15 is 0 Å². The molecule has 0 spiro atoms. The Balaban J connectivity index is 2.46. The summed E-state index contributed by atoms with van der Waals surface area (Å²) in [5.41, 5.74) is 6.57. The molecule has 2 N–H and O–H groups in total. The Bertz CT molecular complexity index is 583. The van der Waals surface area contributed by atoms with Crippen LogP contribution in [0.4, 0.5) is 8.78 Å². The zero-order chi connectivity index (χ0) is 14.0. The fourth-order valence-electron chi connectivity index (χ4n) is 1.97. The van der Waals surface area contributed by atoms with Gasteiger partial charge in [0.1, 0.15) is 11.6 Å². The molecule has 1 atom stereocenters. The summed E-state index contributed by atoms with van der Waals surface area (Å²) in [6.07, 6.45) is 2.30.